The van der Waals surface area contributed by atoms with E-state index in [0.717, 1.165) is 5.56 Å². The number of ketones is 1. The lowest BCUT2D eigenvalue weighted by Gasteiger charge is -2.05. The molecule has 0 saturated heterocycles. The molecule has 5 nitrogen and oxygen atoms in total. The summed E-state index contributed by atoms with van der Waals surface area (Å²) in [5.41, 5.74) is 1.51. The fraction of sp³-hybridized carbons (Fsp3) is 0.235. The van der Waals surface area contributed by atoms with Gasteiger partial charge in [0.15, 0.2) is 5.92 Å². The number of nitrogens with zero attached hydrogens (tertiary/aromatic N) is 1. The largest absolute Gasteiger partial charge is 0.490 e. The molecule has 0 fully saturated rings. The van der Waals surface area contributed by atoms with E-state index < -0.39 is 11.9 Å². The minimum atomic E-state index is -0.925. The van der Waals surface area contributed by atoms with E-state index in [1.54, 1.807) is 31.2 Å². The molecule has 0 spiro atoms. The van der Waals surface area contributed by atoms with E-state index in [4.69, 9.17) is 4.74 Å². The van der Waals surface area contributed by atoms with Gasteiger partial charge in [0.2, 0.25) is 5.78 Å². The number of carbonyl (C=O) groups excluding carboxylic acids is 2. The summed E-state index contributed by atoms with van der Waals surface area (Å²) in [5, 5.41) is 0. The fourth-order valence-corrected chi connectivity index (χ4v) is 2.12. The van der Waals surface area contributed by atoms with Crippen molar-refractivity contribution in [1.29, 1.82) is 0 Å². The molecule has 114 valence electrons. The number of rotatable bonds is 5. The Balaban J connectivity index is 2.18. The highest BCUT2D eigenvalue weighted by Gasteiger charge is 2.37. The van der Waals surface area contributed by atoms with E-state index in [0.29, 0.717) is 18.1 Å². The zero-order valence-corrected chi connectivity index (χ0v) is 12.5. The number of allylic oxidation sites excluding steroid dienone is 1. The Morgan fingerprint density at radius 3 is 2.64 bits per heavy atom. The van der Waals surface area contributed by atoms with Gasteiger partial charge in [-0.2, -0.15) is 0 Å². The van der Waals surface area contributed by atoms with Crippen LogP contribution in [0.25, 0.3) is 6.08 Å². The van der Waals surface area contributed by atoms with Crippen molar-refractivity contribution in [3.8, 4) is 5.75 Å². The summed E-state index contributed by atoms with van der Waals surface area (Å²) in [6.07, 6.45) is 3.31. The molecule has 1 atom stereocenters. The second-order valence-corrected chi connectivity index (χ2v) is 4.77. The second-order valence-electron chi connectivity index (χ2n) is 4.77. The van der Waals surface area contributed by atoms with Crippen LogP contribution < -0.4 is 4.74 Å². The number of methoxy groups -OCH3 is 1. The van der Waals surface area contributed by atoms with E-state index in [2.05, 4.69) is 16.3 Å². The third-order valence-corrected chi connectivity index (χ3v) is 3.22. The van der Waals surface area contributed by atoms with Crippen LogP contribution in [-0.2, 0) is 14.3 Å². The lowest BCUT2D eigenvalue weighted by Crippen LogP contribution is -2.27. The van der Waals surface area contributed by atoms with Crippen LogP contribution >= 0.6 is 0 Å². The molecule has 1 aliphatic heterocycles. The van der Waals surface area contributed by atoms with Gasteiger partial charge in [-0.15, -0.1) is 0 Å². The molecule has 0 radical (unpaired) electrons. The molecule has 0 bridgehead atoms. The summed E-state index contributed by atoms with van der Waals surface area (Å²) in [6.45, 7) is 5.66. The summed E-state index contributed by atoms with van der Waals surface area (Å²) >= 11 is 0. The monoisotopic (exact) mass is 299 g/mol. The fourth-order valence-electron chi connectivity index (χ4n) is 2.12. The SMILES string of the molecule is C=CCOc1ccc(/C=C2/N=C(C)C(C(=O)OC)C2=O)cc1. The predicted octanol–water partition coefficient (Wildman–Crippen LogP) is 2.43. The van der Waals surface area contributed by atoms with Crippen molar-refractivity contribution in [2.24, 2.45) is 10.9 Å². The Hall–Kier alpha value is -2.69. The van der Waals surface area contributed by atoms with Crippen molar-refractivity contribution >= 4 is 23.5 Å². The Morgan fingerprint density at radius 1 is 1.36 bits per heavy atom. The molecular weight excluding hydrogens is 282 g/mol. The zero-order chi connectivity index (χ0) is 16.1. The summed E-state index contributed by atoms with van der Waals surface area (Å²) in [5.74, 6) is -1.13. The van der Waals surface area contributed by atoms with Crippen molar-refractivity contribution in [2.45, 2.75) is 6.92 Å². The number of benzene rings is 1. The molecule has 1 aromatic rings. The Morgan fingerprint density at radius 2 is 2.05 bits per heavy atom. The van der Waals surface area contributed by atoms with Gasteiger partial charge in [0.1, 0.15) is 18.1 Å². The average Bonchev–Trinajstić information content (AvgIpc) is 2.80. The van der Waals surface area contributed by atoms with Crippen LogP contribution in [0, 0.1) is 5.92 Å². The molecule has 5 heteroatoms. The van der Waals surface area contributed by atoms with Gasteiger partial charge in [-0.25, -0.2) is 0 Å². The lowest BCUT2D eigenvalue weighted by atomic mass is 10.0. The Kier molecular flexibility index (Phi) is 4.88. The Labute approximate surface area is 129 Å². The first kappa shape index (κ1) is 15.7. The summed E-state index contributed by atoms with van der Waals surface area (Å²) < 4.78 is 10.0. The normalized spacial score (nSPS) is 19.0. The Bertz CT molecular complexity index is 656. The van der Waals surface area contributed by atoms with Crippen molar-refractivity contribution in [3.05, 3.63) is 48.2 Å². The van der Waals surface area contributed by atoms with Crippen molar-refractivity contribution in [3.63, 3.8) is 0 Å². The number of esters is 1. The number of Topliss-reactive ketones (excluding diaryl/α,β-unsaturated/α-hetero) is 1. The second kappa shape index (κ2) is 6.85. The van der Waals surface area contributed by atoms with Gasteiger partial charge in [0.05, 0.1) is 7.11 Å². The molecule has 1 unspecified atom stereocenters. The lowest BCUT2D eigenvalue weighted by molar-refractivity contribution is -0.145. The molecule has 1 heterocycles. The maximum Gasteiger partial charge on any atom is 0.322 e. The average molecular weight is 299 g/mol. The molecule has 1 aromatic carbocycles. The molecule has 0 saturated carbocycles. The first-order valence-corrected chi connectivity index (χ1v) is 6.79. The third kappa shape index (κ3) is 3.31. The van der Waals surface area contributed by atoms with Gasteiger partial charge in [0, 0.05) is 5.71 Å². The number of hydrogen-bond donors (Lipinski definition) is 0. The molecule has 0 N–H and O–H groups in total. The molecule has 2 rings (SSSR count). The van der Waals surface area contributed by atoms with E-state index >= 15 is 0 Å². The van der Waals surface area contributed by atoms with E-state index in [1.165, 1.54) is 7.11 Å². The van der Waals surface area contributed by atoms with Crippen molar-refractivity contribution in [2.75, 3.05) is 13.7 Å². The molecule has 0 aliphatic carbocycles. The van der Waals surface area contributed by atoms with E-state index in [-0.39, 0.29) is 11.5 Å². The number of ether oxygens (including phenoxy) is 2. The highest BCUT2D eigenvalue weighted by Crippen LogP contribution is 2.24. The molecular formula is C17H17NO4. The van der Waals surface area contributed by atoms with Crippen molar-refractivity contribution in [1.82, 2.24) is 0 Å². The van der Waals surface area contributed by atoms with Gasteiger partial charge < -0.3 is 9.47 Å². The minimum absolute atomic E-state index is 0.257. The van der Waals surface area contributed by atoms with Gasteiger partial charge in [-0.1, -0.05) is 24.8 Å². The van der Waals surface area contributed by atoms with Crippen LogP contribution in [-0.4, -0.2) is 31.2 Å². The van der Waals surface area contributed by atoms with Gasteiger partial charge in [-0.05, 0) is 30.7 Å². The number of aliphatic imine (C=N–C) groups is 1. The van der Waals surface area contributed by atoms with Crippen molar-refractivity contribution < 1.29 is 19.1 Å². The van der Waals surface area contributed by atoms with Crippen LogP contribution in [0.1, 0.15) is 12.5 Å². The maximum atomic E-state index is 12.2. The quantitative estimate of drug-likeness (QED) is 0.362. The van der Waals surface area contributed by atoms with Crippen LogP contribution in [0.4, 0.5) is 0 Å². The van der Waals surface area contributed by atoms with E-state index in [9.17, 15) is 9.59 Å². The van der Waals surface area contributed by atoms with Gasteiger partial charge >= 0.3 is 5.97 Å². The van der Waals surface area contributed by atoms with Gasteiger partial charge in [-0.3, -0.25) is 14.6 Å². The molecule has 22 heavy (non-hydrogen) atoms. The topological polar surface area (TPSA) is 65.0 Å². The molecule has 0 aromatic heterocycles. The molecule has 0 amide bonds. The number of hydrogen-bond acceptors (Lipinski definition) is 5. The van der Waals surface area contributed by atoms with Gasteiger partial charge in [0.25, 0.3) is 0 Å². The maximum absolute atomic E-state index is 12.2. The highest BCUT2D eigenvalue weighted by molar-refractivity contribution is 6.28. The molecule has 1 aliphatic rings. The standard InChI is InChI=1S/C17H17NO4/c1-4-9-22-13-7-5-12(6-8-13)10-14-16(19)15(11(2)18-14)17(20)21-3/h4-8,10,15H,1,9H2,2-3H3/b14-10+. The van der Waals surface area contributed by atoms with Crippen LogP contribution in [0.5, 0.6) is 5.75 Å². The number of carbonyl (C=O) groups is 2. The first-order chi connectivity index (χ1) is 10.6. The summed E-state index contributed by atoms with van der Waals surface area (Å²) in [7, 11) is 1.26. The third-order valence-electron chi connectivity index (χ3n) is 3.22. The summed E-state index contributed by atoms with van der Waals surface area (Å²) in [4.78, 5) is 28.0. The van der Waals surface area contributed by atoms with E-state index in [1.807, 2.05) is 12.1 Å². The highest BCUT2D eigenvalue weighted by atomic mass is 16.5. The van der Waals surface area contributed by atoms with Crippen LogP contribution in [0.15, 0.2) is 47.6 Å². The van der Waals surface area contributed by atoms with Crippen LogP contribution in [0.3, 0.4) is 0 Å². The predicted molar refractivity (Wildman–Crippen MR) is 83.7 cm³/mol. The minimum Gasteiger partial charge on any atom is -0.490 e. The summed E-state index contributed by atoms with van der Waals surface area (Å²) in [6, 6.07) is 7.22. The van der Waals surface area contributed by atoms with Crippen LogP contribution in [0.2, 0.25) is 0 Å². The smallest absolute Gasteiger partial charge is 0.322 e. The zero-order valence-electron chi connectivity index (χ0n) is 12.5. The first-order valence-electron chi connectivity index (χ1n) is 6.79.